The number of carbonyl (C=O) groups is 1. The highest BCUT2D eigenvalue weighted by Gasteiger charge is 2.41. The molecule has 2 atom stereocenters. The summed E-state index contributed by atoms with van der Waals surface area (Å²) in [5, 5.41) is 14.1. The maximum Gasteiger partial charge on any atom is 0.409 e. The highest BCUT2D eigenvalue weighted by Crippen LogP contribution is 2.34. The van der Waals surface area contributed by atoms with Gasteiger partial charge in [0.1, 0.15) is 11.9 Å². The molecule has 3 aromatic rings. The number of nitrogens with one attached hydrogen (secondary N) is 4. The summed E-state index contributed by atoms with van der Waals surface area (Å²) in [5.74, 6) is 0.177. The number of rotatable bonds is 5. The van der Waals surface area contributed by atoms with Crippen molar-refractivity contribution in [1.29, 1.82) is 0 Å². The third-order valence-electron chi connectivity index (χ3n) is 4.26. The summed E-state index contributed by atoms with van der Waals surface area (Å²) in [6.07, 6.45) is -3.24. The first kappa shape index (κ1) is 19.6. The van der Waals surface area contributed by atoms with Gasteiger partial charge in [0.2, 0.25) is 0 Å². The van der Waals surface area contributed by atoms with Crippen LogP contribution in [0.2, 0.25) is 0 Å². The van der Waals surface area contributed by atoms with Crippen molar-refractivity contribution < 1.29 is 18.0 Å². The van der Waals surface area contributed by atoms with Crippen LogP contribution in [0, 0.1) is 0 Å². The van der Waals surface area contributed by atoms with E-state index in [9.17, 15) is 18.0 Å². The van der Waals surface area contributed by atoms with Crippen LogP contribution < -0.4 is 16.0 Å². The molecule has 2 aromatic heterocycles. The maximum atomic E-state index is 13.1. The molecule has 0 spiro atoms. The number of amides is 2. The second kappa shape index (κ2) is 7.85. The minimum atomic E-state index is -4.49. The van der Waals surface area contributed by atoms with Crippen molar-refractivity contribution >= 4 is 22.8 Å². The Labute approximate surface area is 158 Å². The second-order valence-electron chi connectivity index (χ2n) is 6.22. The summed E-state index contributed by atoms with van der Waals surface area (Å²) < 4.78 is 39.4. The van der Waals surface area contributed by atoms with E-state index in [4.69, 9.17) is 0 Å². The van der Waals surface area contributed by atoms with Crippen LogP contribution in [0.5, 0.6) is 0 Å². The number of aromatic amines is 1. The molecule has 0 aliphatic rings. The van der Waals surface area contributed by atoms with E-state index in [1.807, 2.05) is 37.3 Å². The zero-order valence-electron chi connectivity index (χ0n) is 15.1. The SMILES string of the molecule is CNC(c1[nH]nc2cc(NC(=O)NC(C)c3ccccc3)ncc12)C(F)(F)F. The lowest BCUT2D eigenvalue weighted by atomic mass is 10.1. The van der Waals surface area contributed by atoms with Gasteiger partial charge in [-0.3, -0.25) is 10.4 Å². The monoisotopic (exact) mass is 392 g/mol. The maximum absolute atomic E-state index is 13.1. The van der Waals surface area contributed by atoms with E-state index in [1.165, 1.54) is 19.3 Å². The van der Waals surface area contributed by atoms with Crippen LogP contribution in [0.4, 0.5) is 23.8 Å². The summed E-state index contributed by atoms with van der Waals surface area (Å²) in [6, 6.07) is 8.19. The number of hydrogen-bond acceptors (Lipinski definition) is 4. The van der Waals surface area contributed by atoms with Gasteiger partial charge in [-0.15, -0.1) is 0 Å². The molecule has 1 aromatic carbocycles. The van der Waals surface area contributed by atoms with E-state index >= 15 is 0 Å². The Kier molecular flexibility index (Phi) is 5.50. The smallest absolute Gasteiger partial charge is 0.331 e. The minimum Gasteiger partial charge on any atom is -0.331 e. The highest BCUT2D eigenvalue weighted by atomic mass is 19.4. The molecule has 148 valence electrons. The van der Waals surface area contributed by atoms with Gasteiger partial charge in [0.05, 0.1) is 17.3 Å². The number of alkyl halides is 3. The first-order chi connectivity index (χ1) is 13.3. The number of carbonyl (C=O) groups excluding carboxylic acids is 1. The lowest BCUT2D eigenvalue weighted by Crippen LogP contribution is -2.32. The van der Waals surface area contributed by atoms with E-state index in [0.717, 1.165) is 5.56 Å². The number of anilines is 1. The first-order valence-corrected chi connectivity index (χ1v) is 8.50. The van der Waals surface area contributed by atoms with Crippen LogP contribution in [-0.2, 0) is 0 Å². The second-order valence-corrected chi connectivity index (χ2v) is 6.22. The summed E-state index contributed by atoms with van der Waals surface area (Å²) >= 11 is 0. The standard InChI is InChI=1S/C18H19F3N6O/c1-10(11-6-4-3-5-7-11)24-17(28)25-14-8-13-12(9-23-14)15(27-26-13)16(22-2)18(19,20)21/h3-10,16,22H,1-2H3,(H,26,27)(H2,23,24,25,28). The molecule has 0 fully saturated rings. The average molecular weight is 392 g/mol. The number of fused-ring (bicyclic) bond motifs is 1. The molecule has 0 aliphatic carbocycles. The van der Waals surface area contributed by atoms with E-state index in [2.05, 4.69) is 31.1 Å². The van der Waals surface area contributed by atoms with Gasteiger partial charge in [0, 0.05) is 17.6 Å². The number of hydrogen-bond donors (Lipinski definition) is 4. The number of pyridine rings is 1. The van der Waals surface area contributed by atoms with Crippen molar-refractivity contribution in [1.82, 2.24) is 25.8 Å². The van der Waals surface area contributed by atoms with E-state index in [0.29, 0.717) is 0 Å². The Morgan fingerprint density at radius 2 is 1.93 bits per heavy atom. The number of H-pyrrole nitrogens is 1. The molecule has 0 saturated heterocycles. The first-order valence-electron chi connectivity index (χ1n) is 8.50. The number of nitrogens with zero attached hydrogens (tertiary/aromatic N) is 2. The third kappa shape index (κ3) is 4.22. The summed E-state index contributed by atoms with van der Waals surface area (Å²) in [4.78, 5) is 16.2. The minimum absolute atomic E-state index is 0.133. The molecule has 28 heavy (non-hydrogen) atoms. The largest absolute Gasteiger partial charge is 0.409 e. The number of aromatic nitrogens is 3. The van der Waals surface area contributed by atoms with Gasteiger partial charge in [0.25, 0.3) is 0 Å². The van der Waals surface area contributed by atoms with E-state index < -0.39 is 18.2 Å². The molecule has 2 heterocycles. The molecule has 4 N–H and O–H groups in total. The zero-order chi connectivity index (χ0) is 20.3. The predicted octanol–water partition coefficient (Wildman–Crippen LogP) is 3.66. The van der Waals surface area contributed by atoms with Crippen molar-refractivity contribution in [2.75, 3.05) is 12.4 Å². The molecule has 0 aliphatic heterocycles. The Hall–Kier alpha value is -3.14. The molecule has 0 saturated carbocycles. The molecule has 10 heteroatoms. The topological polar surface area (TPSA) is 94.7 Å². The molecule has 7 nitrogen and oxygen atoms in total. The number of benzene rings is 1. The summed E-state index contributed by atoms with van der Waals surface area (Å²) in [6.45, 7) is 1.83. The highest BCUT2D eigenvalue weighted by molar-refractivity contribution is 5.91. The van der Waals surface area contributed by atoms with Crippen molar-refractivity contribution in [3.05, 3.63) is 53.9 Å². The van der Waals surface area contributed by atoms with Crippen molar-refractivity contribution in [2.45, 2.75) is 25.2 Å². The van der Waals surface area contributed by atoms with Gasteiger partial charge < -0.3 is 10.6 Å². The van der Waals surface area contributed by atoms with Gasteiger partial charge in [-0.1, -0.05) is 30.3 Å². The zero-order valence-corrected chi connectivity index (χ0v) is 15.1. The molecule has 2 unspecified atom stereocenters. The van der Waals surface area contributed by atoms with Crippen LogP contribution in [0.15, 0.2) is 42.6 Å². The van der Waals surface area contributed by atoms with Gasteiger partial charge >= 0.3 is 12.2 Å². The molecular formula is C18H19F3N6O. The number of urea groups is 1. The summed E-state index contributed by atoms with van der Waals surface area (Å²) in [7, 11) is 1.21. The van der Waals surface area contributed by atoms with Crippen LogP contribution >= 0.6 is 0 Å². The normalized spacial score (nSPS) is 13.9. The van der Waals surface area contributed by atoms with Crippen molar-refractivity contribution in [2.24, 2.45) is 0 Å². The molecule has 0 bridgehead atoms. The van der Waals surface area contributed by atoms with Crippen LogP contribution in [-0.4, -0.2) is 34.4 Å². The van der Waals surface area contributed by atoms with E-state index in [-0.39, 0.29) is 28.5 Å². The fourth-order valence-corrected chi connectivity index (χ4v) is 2.86. The molecular weight excluding hydrogens is 373 g/mol. The van der Waals surface area contributed by atoms with Crippen molar-refractivity contribution in [3.8, 4) is 0 Å². The Bertz CT molecular complexity index is 957. The van der Waals surface area contributed by atoms with Gasteiger partial charge in [-0.2, -0.15) is 18.3 Å². The lowest BCUT2D eigenvalue weighted by molar-refractivity contribution is -0.156. The van der Waals surface area contributed by atoms with Gasteiger partial charge in [0.15, 0.2) is 0 Å². The number of halogens is 3. The average Bonchev–Trinajstić information content (AvgIpc) is 3.04. The van der Waals surface area contributed by atoms with Gasteiger partial charge in [-0.05, 0) is 19.5 Å². The van der Waals surface area contributed by atoms with Gasteiger partial charge in [-0.25, -0.2) is 9.78 Å². The Balaban J connectivity index is 1.74. The predicted molar refractivity (Wildman–Crippen MR) is 98.8 cm³/mol. The van der Waals surface area contributed by atoms with Crippen molar-refractivity contribution in [3.63, 3.8) is 0 Å². The molecule has 3 rings (SSSR count). The van der Waals surface area contributed by atoms with Crippen LogP contribution in [0.1, 0.15) is 30.3 Å². The third-order valence-corrected chi connectivity index (χ3v) is 4.26. The molecule has 0 radical (unpaired) electrons. The van der Waals surface area contributed by atoms with Crippen LogP contribution in [0.25, 0.3) is 10.9 Å². The Morgan fingerprint density at radius 3 is 2.57 bits per heavy atom. The fraction of sp³-hybridized carbons (Fsp3) is 0.278. The Morgan fingerprint density at radius 1 is 1.21 bits per heavy atom. The summed E-state index contributed by atoms with van der Waals surface area (Å²) in [5.41, 5.74) is 1.07. The van der Waals surface area contributed by atoms with E-state index in [1.54, 1.807) is 0 Å². The fourth-order valence-electron chi connectivity index (χ4n) is 2.86. The molecule has 2 amide bonds. The van der Waals surface area contributed by atoms with Crippen LogP contribution in [0.3, 0.4) is 0 Å². The lowest BCUT2D eigenvalue weighted by Gasteiger charge is -2.18. The quantitative estimate of drug-likeness (QED) is 0.533.